The standard InChI is InChI=1S/C25H20FN7O3/c26-18-9-5-4-8-17(18)14-33-22(19-10-11-36-32-19)12-20(31-33)24-28-13-21(23(27)30-24)29-25(34)35-15-16-6-2-1-3-7-16/h1-13H,14-15H2,(H,29,34)(H2,27,28,30). The normalized spacial score (nSPS) is 10.8. The van der Waals surface area contributed by atoms with Gasteiger partial charge in [0, 0.05) is 11.6 Å². The van der Waals surface area contributed by atoms with E-state index >= 15 is 0 Å². The minimum Gasteiger partial charge on any atom is -0.444 e. The molecule has 3 N–H and O–H groups in total. The van der Waals surface area contributed by atoms with Gasteiger partial charge < -0.3 is 15.0 Å². The lowest BCUT2D eigenvalue weighted by Gasteiger charge is -2.09. The Kier molecular flexibility index (Phi) is 6.34. The molecule has 2 aromatic carbocycles. The summed E-state index contributed by atoms with van der Waals surface area (Å²) in [4.78, 5) is 20.7. The molecule has 1 amide bonds. The number of ether oxygens (including phenoxy) is 1. The Bertz CT molecular complexity index is 1490. The quantitative estimate of drug-likeness (QED) is 0.344. The second-order valence-corrected chi connectivity index (χ2v) is 7.73. The summed E-state index contributed by atoms with van der Waals surface area (Å²) in [6.07, 6.45) is 2.11. The van der Waals surface area contributed by atoms with E-state index in [1.54, 1.807) is 35.0 Å². The average molecular weight is 485 g/mol. The first-order valence-electron chi connectivity index (χ1n) is 10.9. The first-order chi connectivity index (χ1) is 17.6. The fraction of sp³-hybridized carbons (Fsp3) is 0.0800. The van der Waals surface area contributed by atoms with Crippen LogP contribution in [0.2, 0.25) is 0 Å². The fourth-order valence-corrected chi connectivity index (χ4v) is 3.47. The van der Waals surface area contributed by atoms with Gasteiger partial charge in [0.25, 0.3) is 0 Å². The van der Waals surface area contributed by atoms with Crippen LogP contribution >= 0.6 is 0 Å². The molecule has 3 heterocycles. The highest BCUT2D eigenvalue weighted by atomic mass is 19.1. The van der Waals surface area contributed by atoms with Crippen molar-refractivity contribution >= 4 is 17.6 Å². The molecule has 0 saturated carbocycles. The van der Waals surface area contributed by atoms with Gasteiger partial charge in [0.1, 0.15) is 35.8 Å². The zero-order chi connectivity index (χ0) is 24.9. The van der Waals surface area contributed by atoms with Crippen LogP contribution in [0.4, 0.5) is 20.7 Å². The van der Waals surface area contributed by atoms with Crippen molar-refractivity contribution in [2.24, 2.45) is 0 Å². The summed E-state index contributed by atoms with van der Waals surface area (Å²) in [5.74, 6) is -0.105. The SMILES string of the molecule is Nc1nc(-c2cc(-c3ccon3)n(Cc3ccccc3F)n2)ncc1NC(=O)OCc1ccccc1. The first-order valence-corrected chi connectivity index (χ1v) is 10.9. The molecule has 0 fully saturated rings. The van der Waals surface area contributed by atoms with Gasteiger partial charge in [0.2, 0.25) is 0 Å². The molecule has 3 aromatic heterocycles. The van der Waals surface area contributed by atoms with E-state index in [4.69, 9.17) is 15.0 Å². The average Bonchev–Trinajstić information content (AvgIpc) is 3.56. The van der Waals surface area contributed by atoms with Crippen molar-refractivity contribution in [3.05, 3.63) is 96.1 Å². The van der Waals surface area contributed by atoms with Crippen LogP contribution in [0.5, 0.6) is 0 Å². The number of carbonyl (C=O) groups excluding carboxylic acids is 1. The van der Waals surface area contributed by atoms with Gasteiger partial charge in [0.05, 0.1) is 18.4 Å². The lowest BCUT2D eigenvalue weighted by molar-refractivity contribution is 0.155. The van der Waals surface area contributed by atoms with E-state index in [0.717, 1.165) is 5.56 Å². The van der Waals surface area contributed by atoms with Gasteiger partial charge in [-0.3, -0.25) is 10.00 Å². The number of benzene rings is 2. The van der Waals surface area contributed by atoms with E-state index in [1.165, 1.54) is 18.5 Å². The third-order valence-electron chi connectivity index (χ3n) is 5.25. The van der Waals surface area contributed by atoms with Gasteiger partial charge in [-0.2, -0.15) is 5.10 Å². The summed E-state index contributed by atoms with van der Waals surface area (Å²) in [6, 6.07) is 19.1. The smallest absolute Gasteiger partial charge is 0.412 e. The van der Waals surface area contributed by atoms with E-state index in [-0.39, 0.29) is 36.3 Å². The van der Waals surface area contributed by atoms with E-state index in [2.05, 4.69) is 25.5 Å². The van der Waals surface area contributed by atoms with E-state index in [9.17, 15) is 9.18 Å². The maximum atomic E-state index is 14.3. The lowest BCUT2D eigenvalue weighted by Crippen LogP contribution is -2.15. The molecule has 36 heavy (non-hydrogen) atoms. The maximum absolute atomic E-state index is 14.3. The molecule has 0 aliphatic heterocycles. The van der Waals surface area contributed by atoms with Gasteiger partial charge in [-0.15, -0.1) is 0 Å². The molecule has 0 radical (unpaired) electrons. The third-order valence-corrected chi connectivity index (χ3v) is 5.25. The van der Waals surface area contributed by atoms with Crippen LogP contribution in [0.3, 0.4) is 0 Å². The van der Waals surface area contributed by atoms with Crippen LogP contribution in [-0.2, 0) is 17.9 Å². The van der Waals surface area contributed by atoms with Gasteiger partial charge >= 0.3 is 6.09 Å². The Hall–Kier alpha value is -5.06. The number of halogens is 1. The number of nitrogens with two attached hydrogens (primary N) is 1. The zero-order valence-corrected chi connectivity index (χ0v) is 18.8. The number of hydrogen-bond donors (Lipinski definition) is 2. The molecule has 5 aromatic rings. The lowest BCUT2D eigenvalue weighted by atomic mass is 10.2. The molecule has 0 bridgehead atoms. The van der Waals surface area contributed by atoms with Crippen LogP contribution in [0.25, 0.3) is 22.9 Å². The second kappa shape index (κ2) is 10.1. The maximum Gasteiger partial charge on any atom is 0.412 e. The molecule has 10 nitrogen and oxygen atoms in total. The first kappa shape index (κ1) is 22.7. The molecular weight excluding hydrogens is 465 g/mol. The van der Waals surface area contributed by atoms with Crippen LogP contribution < -0.4 is 11.1 Å². The van der Waals surface area contributed by atoms with Crippen LogP contribution in [-0.4, -0.2) is 31.0 Å². The summed E-state index contributed by atoms with van der Waals surface area (Å²) in [6.45, 7) is 0.257. The Balaban J connectivity index is 1.36. The molecule has 180 valence electrons. The van der Waals surface area contributed by atoms with Crippen LogP contribution in [0.1, 0.15) is 11.1 Å². The number of carbonyl (C=O) groups is 1. The van der Waals surface area contributed by atoms with Gasteiger partial charge in [-0.1, -0.05) is 53.7 Å². The minimum atomic E-state index is -0.690. The Labute approximate surface area is 204 Å². The molecule has 0 aliphatic rings. The molecular formula is C25H20FN7O3. The zero-order valence-electron chi connectivity index (χ0n) is 18.8. The molecule has 0 atom stereocenters. The predicted octanol–water partition coefficient (Wildman–Crippen LogP) is 4.51. The Morgan fingerprint density at radius 3 is 2.64 bits per heavy atom. The van der Waals surface area contributed by atoms with Crippen molar-refractivity contribution < 1.29 is 18.4 Å². The van der Waals surface area contributed by atoms with Gasteiger partial charge in [0.15, 0.2) is 11.6 Å². The molecule has 0 unspecified atom stereocenters. The number of anilines is 2. The summed E-state index contributed by atoms with van der Waals surface area (Å²) in [5, 5.41) is 11.0. The van der Waals surface area contributed by atoms with E-state index < -0.39 is 6.09 Å². The fourth-order valence-electron chi connectivity index (χ4n) is 3.47. The second-order valence-electron chi connectivity index (χ2n) is 7.73. The summed E-state index contributed by atoms with van der Waals surface area (Å²) < 4.78 is 26.0. The van der Waals surface area contributed by atoms with Gasteiger partial charge in [-0.25, -0.2) is 19.2 Å². The minimum absolute atomic E-state index is 0.0308. The summed E-state index contributed by atoms with van der Waals surface area (Å²) in [7, 11) is 0. The molecule has 0 spiro atoms. The number of rotatable bonds is 7. The van der Waals surface area contributed by atoms with E-state index in [1.807, 2.05) is 30.3 Å². The summed E-state index contributed by atoms with van der Waals surface area (Å²) in [5.41, 5.74) is 9.03. The highest BCUT2D eigenvalue weighted by Crippen LogP contribution is 2.26. The van der Waals surface area contributed by atoms with Crippen LogP contribution in [0, 0.1) is 5.82 Å². The van der Waals surface area contributed by atoms with Crippen LogP contribution in [0.15, 0.2) is 83.7 Å². The summed E-state index contributed by atoms with van der Waals surface area (Å²) >= 11 is 0. The molecule has 5 rings (SSSR count). The third kappa shape index (κ3) is 5.04. The number of nitrogens with one attached hydrogen (secondary N) is 1. The molecule has 0 saturated heterocycles. The monoisotopic (exact) mass is 485 g/mol. The van der Waals surface area contributed by atoms with Gasteiger partial charge in [-0.05, 0) is 17.7 Å². The predicted molar refractivity (Wildman–Crippen MR) is 129 cm³/mol. The number of aromatic nitrogens is 5. The Morgan fingerprint density at radius 1 is 1.08 bits per heavy atom. The number of nitrogen functional groups attached to an aromatic ring is 1. The van der Waals surface area contributed by atoms with Crippen molar-refractivity contribution in [3.63, 3.8) is 0 Å². The van der Waals surface area contributed by atoms with Crippen molar-refractivity contribution in [3.8, 4) is 22.9 Å². The largest absolute Gasteiger partial charge is 0.444 e. The highest BCUT2D eigenvalue weighted by molar-refractivity contribution is 5.88. The molecule has 0 aliphatic carbocycles. The number of hydrogen-bond acceptors (Lipinski definition) is 8. The van der Waals surface area contributed by atoms with Crippen molar-refractivity contribution in [1.82, 2.24) is 24.9 Å². The number of nitrogens with zero attached hydrogens (tertiary/aromatic N) is 5. The topological polar surface area (TPSA) is 134 Å². The van der Waals surface area contributed by atoms with Crippen molar-refractivity contribution in [2.75, 3.05) is 11.1 Å². The van der Waals surface area contributed by atoms with Crippen molar-refractivity contribution in [1.29, 1.82) is 0 Å². The van der Waals surface area contributed by atoms with Crippen molar-refractivity contribution in [2.45, 2.75) is 13.2 Å². The highest BCUT2D eigenvalue weighted by Gasteiger charge is 2.18. The molecule has 11 heteroatoms. The Morgan fingerprint density at radius 2 is 1.89 bits per heavy atom. The van der Waals surface area contributed by atoms with E-state index in [0.29, 0.717) is 22.6 Å². The number of amides is 1.